The summed E-state index contributed by atoms with van der Waals surface area (Å²) in [6.45, 7) is 2.16. The van der Waals surface area contributed by atoms with Gasteiger partial charge in [-0.3, -0.25) is 0 Å². The lowest BCUT2D eigenvalue weighted by Crippen LogP contribution is -2.26. The molecule has 0 heterocycles. The number of amides is 1. The summed E-state index contributed by atoms with van der Waals surface area (Å²) in [4.78, 5) is 12.1. The number of rotatable bonds is 3. The highest BCUT2D eigenvalue weighted by molar-refractivity contribution is 6.32. The molecule has 0 saturated carbocycles. The molecule has 3 aromatic rings. The topological polar surface area (TPSA) is 58.6 Å². The second-order valence-corrected chi connectivity index (χ2v) is 7.51. The van der Waals surface area contributed by atoms with Crippen LogP contribution < -0.4 is 5.32 Å². The fraction of sp³-hybridized carbons (Fsp3) is 0.160. The van der Waals surface area contributed by atoms with Crippen LogP contribution in [0.1, 0.15) is 28.2 Å². The van der Waals surface area contributed by atoms with Gasteiger partial charge in [-0.25, -0.2) is 4.79 Å². The minimum atomic E-state index is -0.508. The highest BCUT2D eigenvalue weighted by atomic mass is 35.5. The van der Waals surface area contributed by atoms with Crippen LogP contribution in [0.25, 0.3) is 11.1 Å². The molecule has 0 fully saturated rings. The fourth-order valence-electron chi connectivity index (χ4n) is 3.72. The van der Waals surface area contributed by atoms with Crippen molar-refractivity contribution in [2.75, 3.05) is 13.2 Å². The van der Waals surface area contributed by atoms with E-state index in [2.05, 4.69) is 41.4 Å². The highest BCUT2D eigenvalue weighted by Gasteiger charge is 2.28. The molecule has 0 unspecified atom stereocenters. The van der Waals surface area contributed by atoms with E-state index < -0.39 is 6.09 Å². The normalized spacial score (nSPS) is 11.8. The smallest absolute Gasteiger partial charge is 0.407 e. The Bertz CT molecular complexity index is 1110. The molecule has 150 valence electrons. The third-order valence-electron chi connectivity index (χ3n) is 5.15. The molecule has 0 radical (unpaired) electrons. The Morgan fingerprint density at radius 2 is 1.73 bits per heavy atom. The lowest BCUT2D eigenvalue weighted by Gasteiger charge is -2.14. The van der Waals surface area contributed by atoms with Gasteiger partial charge in [0.25, 0.3) is 0 Å². The molecule has 30 heavy (non-hydrogen) atoms. The average Bonchev–Trinajstić information content (AvgIpc) is 3.07. The third-order valence-corrected chi connectivity index (χ3v) is 5.44. The molecule has 4 nitrogen and oxygen atoms in total. The molecule has 0 atom stereocenters. The molecule has 4 rings (SSSR count). The second kappa shape index (κ2) is 8.52. The number of phenols is 1. The van der Waals surface area contributed by atoms with E-state index in [0.717, 1.165) is 0 Å². The molecular formula is C25H20ClNO3. The van der Waals surface area contributed by atoms with Crippen LogP contribution in [0.4, 0.5) is 4.79 Å². The average molecular weight is 418 g/mol. The number of phenolic OH excluding ortho intramolecular Hbond substituents is 1. The van der Waals surface area contributed by atoms with E-state index in [1.165, 1.54) is 22.3 Å². The number of benzene rings is 3. The van der Waals surface area contributed by atoms with E-state index in [9.17, 15) is 9.90 Å². The van der Waals surface area contributed by atoms with E-state index >= 15 is 0 Å². The number of carbonyl (C=O) groups excluding carboxylic acids is 1. The number of carbonyl (C=O) groups is 1. The fourth-order valence-corrected chi connectivity index (χ4v) is 3.99. The summed E-state index contributed by atoms with van der Waals surface area (Å²) in [5, 5.41) is 12.6. The summed E-state index contributed by atoms with van der Waals surface area (Å²) < 4.78 is 5.47. The number of aromatic hydroxyl groups is 1. The number of fused-ring (bicyclic) bond motifs is 3. The first-order valence-corrected chi connectivity index (χ1v) is 9.99. The minimum Gasteiger partial charge on any atom is -0.506 e. The number of hydrogen-bond acceptors (Lipinski definition) is 3. The zero-order valence-corrected chi connectivity index (χ0v) is 17.2. The predicted molar refractivity (Wildman–Crippen MR) is 118 cm³/mol. The van der Waals surface area contributed by atoms with Gasteiger partial charge < -0.3 is 15.2 Å². The molecule has 0 aliphatic heterocycles. The first-order chi connectivity index (χ1) is 14.5. The molecular weight excluding hydrogens is 398 g/mol. The van der Waals surface area contributed by atoms with E-state index in [0.29, 0.717) is 11.1 Å². The van der Waals surface area contributed by atoms with Crippen molar-refractivity contribution >= 4 is 17.7 Å². The quantitative estimate of drug-likeness (QED) is 0.572. The minimum absolute atomic E-state index is 0.0244. The maximum atomic E-state index is 12.1. The van der Waals surface area contributed by atoms with Gasteiger partial charge in [0.05, 0.1) is 11.6 Å². The van der Waals surface area contributed by atoms with Crippen molar-refractivity contribution in [2.45, 2.75) is 12.8 Å². The van der Waals surface area contributed by atoms with Crippen LogP contribution in [0.2, 0.25) is 5.02 Å². The Hall–Kier alpha value is -3.42. The zero-order chi connectivity index (χ0) is 21.1. The molecule has 5 heteroatoms. The van der Waals surface area contributed by atoms with Gasteiger partial charge in [0.15, 0.2) is 0 Å². The molecule has 0 bridgehead atoms. The van der Waals surface area contributed by atoms with Crippen molar-refractivity contribution in [1.29, 1.82) is 0 Å². The monoisotopic (exact) mass is 417 g/mol. The van der Waals surface area contributed by atoms with E-state index in [1.807, 2.05) is 24.3 Å². The van der Waals surface area contributed by atoms with Crippen LogP contribution in [0.15, 0.2) is 60.7 Å². The highest BCUT2D eigenvalue weighted by Crippen LogP contribution is 2.44. The van der Waals surface area contributed by atoms with Crippen molar-refractivity contribution in [3.05, 3.63) is 87.9 Å². The first kappa shape index (κ1) is 19.9. The number of ether oxygens (including phenoxy) is 1. The number of alkyl carbamates (subject to hydrolysis) is 1. The maximum absolute atomic E-state index is 12.1. The van der Waals surface area contributed by atoms with Crippen LogP contribution in [0, 0.1) is 18.8 Å². The number of aryl methyl sites for hydroxylation is 1. The summed E-state index contributed by atoms with van der Waals surface area (Å²) in [5.41, 5.74) is 6.05. The number of nitrogens with one attached hydrogen (secondary N) is 1. The standard InChI is InChI=1S/C25H20ClNO3/c1-16-13-17(14-23(26)24(16)28)7-6-12-27-25(29)30-15-22-20-10-4-2-8-18(20)19-9-3-5-11-21(19)22/h2-5,8-11,13-14,22,28H,12,15H2,1H3,(H,27,29). The van der Waals surface area contributed by atoms with Gasteiger partial charge >= 0.3 is 6.09 Å². The first-order valence-electron chi connectivity index (χ1n) is 9.61. The van der Waals surface area contributed by atoms with Crippen LogP contribution in [0.5, 0.6) is 5.75 Å². The molecule has 1 aliphatic carbocycles. The SMILES string of the molecule is Cc1cc(C#CCNC(=O)OCC2c3ccccc3-c3ccccc32)cc(Cl)c1O. The Kier molecular flexibility index (Phi) is 5.65. The summed E-state index contributed by atoms with van der Waals surface area (Å²) in [7, 11) is 0. The van der Waals surface area contributed by atoms with Gasteiger partial charge in [0, 0.05) is 11.5 Å². The largest absolute Gasteiger partial charge is 0.506 e. The third kappa shape index (κ3) is 3.98. The van der Waals surface area contributed by atoms with Gasteiger partial charge in [0.1, 0.15) is 12.4 Å². The lowest BCUT2D eigenvalue weighted by atomic mass is 9.98. The van der Waals surface area contributed by atoms with Crippen molar-refractivity contribution in [3.63, 3.8) is 0 Å². The van der Waals surface area contributed by atoms with Gasteiger partial charge in [-0.2, -0.15) is 0 Å². The van der Waals surface area contributed by atoms with Crippen molar-refractivity contribution in [1.82, 2.24) is 5.32 Å². The molecule has 3 aromatic carbocycles. The van der Waals surface area contributed by atoms with Crippen molar-refractivity contribution in [3.8, 4) is 28.7 Å². The summed E-state index contributed by atoms with van der Waals surface area (Å²) in [5.74, 6) is 5.86. The molecule has 2 N–H and O–H groups in total. The number of hydrogen-bond donors (Lipinski definition) is 2. The molecule has 0 spiro atoms. The van der Waals surface area contributed by atoms with Gasteiger partial charge in [0.2, 0.25) is 0 Å². The van der Waals surface area contributed by atoms with Gasteiger partial charge in [-0.15, -0.1) is 0 Å². The predicted octanol–water partition coefficient (Wildman–Crippen LogP) is 5.24. The summed E-state index contributed by atoms with van der Waals surface area (Å²) in [6.07, 6.45) is -0.508. The summed E-state index contributed by atoms with van der Waals surface area (Å²) in [6, 6.07) is 19.7. The van der Waals surface area contributed by atoms with Gasteiger partial charge in [-0.05, 0) is 46.9 Å². The maximum Gasteiger partial charge on any atom is 0.407 e. The zero-order valence-electron chi connectivity index (χ0n) is 16.4. The Morgan fingerprint density at radius 1 is 1.10 bits per heavy atom. The van der Waals surface area contributed by atoms with E-state index in [1.54, 1.807) is 19.1 Å². The lowest BCUT2D eigenvalue weighted by molar-refractivity contribution is 0.144. The van der Waals surface area contributed by atoms with Crippen LogP contribution in [-0.4, -0.2) is 24.4 Å². The van der Waals surface area contributed by atoms with Crippen LogP contribution >= 0.6 is 11.6 Å². The Balaban J connectivity index is 1.35. The van der Waals surface area contributed by atoms with Gasteiger partial charge in [-0.1, -0.05) is 72.0 Å². The molecule has 0 aromatic heterocycles. The van der Waals surface area contributed by atoms with Crippen LogP contribution in [0.3, 0.4) is 0 Å². The Morgan fingerprint density at radius 3 is 2.37 bits per heavy atom. The molecule has 1 amide bonds. The second-order valence-electron chi connectivity index (χ2n) is 7.10. The molecule has 1 aliphatic rings. The summed E-state index contributed by atoms with van der Waals surface area (Å²) >= 11 is 5.95. The van der Waals surface area contributed by atoms with E-state index in [4.69, 9.17) is 16.3 Å². The molecule has 0 saturated heterocycles. The Labute approximate surface area is 180 Å². The van der Waals surface area contributed by atoms with E-state index in [-0.39, 0.29) is 29.8 Å². The van der Waals surface area contributed by atoms with Crippen LogP contribution in [-0.2, 0) is 4.74 Å². The van der Waals surface area contributed by atoms with Crippen molar-refractivity contribution in [2.24, 2.45) is 0 Å². The van der Waals surface area contributed by atoms with Crippen molar-refractivity contribution < 1.29 is 14.6 Å². The number of halogens is 1.